The van der Waals surface area contributed by atoms with Gasteiger partial charge in [-0.1, -0.05) is 18.2 Å². The van der Waals surface area contributed by atoms with Gasteiger partial charge in [-0.15, -0.1) is 0 Å². The third-order valence-electron chi connectivity index (χ3n) is 4.92. The highest BCUT2D eigenvalue weighted by molar-refractivity contribution is 6.13. The van der Waals surface area contributed by atoms with Gasteiger partial charge in [-0.3, -0.25) is 14.8 Å². The number of carbonyl (C=O) groups is 1. The summed E-state index contributed by atoms with van der Waals surface area (Å²) in [4.78, 5) is 20.9. The molecule has 0 spiro atoms. The van der Waals surface area contributed by atoms with E-state index < -0.39 is 5.92 Å². The average molecular weight is 388 g/mol. The first-order valence-electron chi connectivity index (χ1n) is 9.50. The van der Waals surface area contributed by atoms with Crippen LogP contribution in [0.4, 0.5) is 21.5 Å². The molecule has 3 aromatic rings. The lowest BCUT2D eigenvalue weighted by Gasteiger charge is -2.08. The molecule has 1 aromatic heterocycles. The van der Waals surface area contributed by atoms with Gasteiger partial charge in [0, 0.05) is 42.8 Å². The Morgan fingerprint density at radius 1 is 1.21 bits per heavy atom. The van der Waals surface area contributed by atoms with Crippen molar-refractivity contribution in [3.63, 3.8) is 0 Å². The van der Waals surface area contributed by atoms with Gasteiger partial charge >= 0.3 is 0 Å². The third kappa shape index (κ3) is 4.16. The van der Waals surface area contributed by atoms with E-state index in [1.807, 2.05) is 43.3 Å². The summed E-state index contributed by atoms with van der Waals surface area (Å²) in [5, 5.41) is 5.94. The Labute approximate surface area is 168 Å². The Bertz CT molecular complexity index is 1070. The SMILES string of the molecule is Cc1cccc2c1C(C=Nc1ccc(NCCc3ccccn3)c(F)c1)C(=O)N2. The van der Waals surface area contributed by atoms with Crippen LogP contribution in [0, 0.1) is 12.7 Å². The minimum Gasteiger partial charge on any atom is -0.382 e. The van der Waals surface area contributed by atoms with Crippen LogP contribution in [-0.2, 0) is 11.2 Å². The molecule has 1 unspecified atom stereocenters. The van der Waals surface area contributed by atoms with E-state index in [9.17, 15) is 9.18 Å². The van der Waals surface area contributed by atoms with E-state index in [1.165, 1.54) is 6.07 Å². The van der Waals surface area contributed by atoms with E-state index in [1.54, 1.807) is 24.5 Å². The molecule has 1 atom stereocenters. The summed E-state index contributed by atoms with van der Waals surface area (Å²) in [6, 6.07) is 16.2. The number of amides is 1. The maximum absolute atomic E-state index is 14.4. The first-order valence-corrected chi connectivity index (χ1v) is 9.50. The predicted octanol–water partition coefficient (Wildman–Crippen LogP) is 4.62. The molecular weight excluding hydrogens is 367 g/mol. The van der Waals surface area contributed by atoms with Crippen molar-refractivity contribution >= 4 is 29.2 Å². The van der Waals surface area contributed by atoms with E-state index in [0.717, 1.165) is 22.5 Å². The van der Waals surface area contributed by atoms with Gasteiger partial charge in [0.2, 0.25) is 5.91 Å². The van der Waals surface area contributed by atoms with Crippen LogP contribution in [0.3, 0.4) is 0 Å². The number of anilines is 2. The number of pyridine rings is 1. The van der Waals surface area contributed by atoms with Crippen LogP contribution in [0.25, 0.3) is 0 Å². The van der Waals surface area contributed by atoms with Gasteiger partial charge in [-0.2, -0.15) is 0 Å². The van der Waals surface area contributed by atoms with Crippen molar-refractivity contribution in [1.29, 1.82) is 0 Å². The summed E-state index contributed by atoms with van der Waals surface area (Å²) < 4.78 is 14.4. The number of hydrogen-bond donors (Lipinski definition) is 2. The Morgan fingerprint density at radius 2 is 2.10 bits per heavy atom. The largest absolute Gasteiger partial charge is 0.382 e. The Morgan fingerprint density at radius 3 is 2.90 bits per heavy atom. The number of aromatic nitrogens is 1. The molecule has 1 amide bonds. The molecule has 2 N–H and O–H groups in total. The fourth-order valence-electron chi connectivity index (χ4n) is 3.45. The summed E-state index contributed by atoms with van der Waals surface area (Å²) >= 11 is 0. The zero-order chi connectivity index (χ0) is 20.2. The van der Waals surface area contributed by atoms with Crippen molar-refractivity contribution in [2.24, 2.45) is 4.99 Å². The molecule has 0 fully saturated rings. The highest BCUT2D eigenvalue weighted by atomic mass is 19.1. The fraction of sp³-hybridized carbons (Fsp3) is 0.174. The lowest BCUT2D eigenvalue weighted by molar-refractivity contribution is -0.115. The van der Waals surface area contributed by atoms with Crippen molar-refractivity contribution in [2.45, 2.75) is 19.3 Å². The lowest BCUT2D eigenvalue weighted by Crippen LogP contribution is -2.13. The summed E-state index contributed by atoms with van der Waals surface area (Å²) in [5.74, 6) is -0.968. The number of nitrogens with one attached hydrogen (secondary N) is 2. The molecule has 1 aliphatic heterocycles. The van der Waals surface area contributed by atoms with Crippen LogP contribution < -0.4 is 10.6 Å². The predicted molar refractivity (Wildman–Crippen MR) is 114 cm³/mol. The topological polar surface area (TPSA) is 66.4 Å². The molecular formula is C23H21FN4O. The molecule has 0 saturated carbocycles. The molecule has 6 heteroatoms. The number of aliphatic imine (C=N–C) groups is 1. The van der Waals surface area contributed by atoms with Crippen molar-refractivity contribution in [2.75, 3.05) is 17.2 Å². The number of nitrogens with zero attached hydrogens (tertiary/aromatic N) is 2. The van der Waals surface area contributed by atoms with Crippen LogP contribution in [0.1, 0.15) is 22.7 Å². The molecule has 146 valence electrons. The maximum Gasteiger partial charge on any atom is 0.237 e. The highest BCUT2D eigenvalue weighted by Crippen LogP contribution is 2.34. The Balaban J connectivity index is 1.43. The number of aryl methyl sites for hydroxylation is 1. The minimum absolute atomic E-state index is 0.119. The first-order chi connectivity index (χ1) is 14.1. The average Bonchev–Trinajstić information content (AvgIpc) is 3.05. The smallest absolute Gasteiger partial charge is 0.237 e. The van der Waals surface area contributed by atoms with Gasteiger partial charge in [0.25, 0.3) is 0 Å². The maximum atomic E-state index is 14.4. The minimum atomic E-state index is -0.467. The molecule has 0 bridgehead atoms. The summed E-state index contributed by atoms with van der Waals surface area (Å²) in [7, 11) is 0. The second-order valence-electron chi connectivity index (χ2n) is 6.94. The van der Waals surface area contributed by atoms with Gasteiger partial charge in [0.1, 0.15) is 11.7 Å². The number of rotatable bonds is 6. The van der Waals surface area contributed by atoms with Crippen molar-refractivity contribution in [3.8, 4) is 0 Å². The summed E-state index contributed by atoms with van der Waals surface area (Å²) in [6.45, 7) is 2.54. The van der Waals surface area contributed by atoms with E-state index in [-0.39, 0.29) is 11.7 Å². The highest BCUT2D eigenvalue weighted by Gasteiger charge is 2.30. The lowest BCUT2D eigenvalue weighted by atomic mass is 9.97. The second-order valence-corrected chi connectivity index (χ2v) is 6.94. The molecule has 0 saturated heterocycles. The third-order valence-corrected chi connectivity index (χ3v) is 4.92. The van der Waals surface area contributed by atoms with Crippen LogP contribution in [0.2, 0.25) is 0 Å². The first kappa shape index (κ1) is 18.8. The molecule has 2 aromatic carbocycles. The molecule has 2 heterocycles. The monoisotopic (exact) mass is 388 g/mol. The zero-order valence-corrected chi connectivity index (χ0v) is 16.0. The normalized spacial score (nSPS) is 15.4. The molecule has 0 aliphatic carbocycles. The fourth-order valence-corrected chi connectivity index (χ4v) is 3.45. The second kappa shape index (κ2) is 8.22. The molecule has 1 aliphatic rings. The van der Waals surface area contributed by atoms with Crippen molar-refractivity contribution in [3.05, 3.63) is 83.4 Å². The summed E-state index contributed by atoms with van der Waals surface area (Å²) in [6.07, 6.45) is 4.03. The number of benzene rings is 2. The number of hydrogen-bond acceptors (Lipinski definition) is 4. The van der Waals surface area contributed by atoms with Gasteiger partial charge in [-0.25, -0.2) is 4.39 Å². The quantitative estimate of drug-likeness (QED) is 0.606. The number of fused-ring (bicyclic) bond motifs is 1. The standard InChI is InChI=1S/C23H21FN4O/c1-15-5-4-7-21-22(15)18(23(29)28-21)14-27-17-8-9-20(19(24)13-17)26-12-10-16-6-2-3-11-25-16/h2-9,11,13-14,18,26H,10,12H2,1H3,(H,28,29). The number of halogens is 1. The van der Waals surface area contributed by atoms with Crippen LogP contribution in [0.5, 0.6) is 0 Å². The van der Waals surface area contributed by atoms with E-state index in [0.29, 0.717) is 24.3 Å². The van der Waals surface area contributed by atoms with Crippen molar-refractivity contribution < 1.29 is 9.18 Å². The molecule has 29 heavy (non-hydrogen) atoms. The summed E-state index contributed by atoms with van der Waals surface area (Å²) in [5.41, 5.74) is 4.59. The van der Waals surface area contributed by atoms with E-state index in [4.69, 9.17) is 0 Å². The molecule has 5 nitrogen and oxygen atoms in total. The number of carbonyl (C=O) groups excluding carboxylic acids is 1. The van der Waals surface area contributed by atoms with Crippen LogP contribution in [-0.4, -0.2) is 23.7 Å². The van der Waals surface area contributed by atoms with Crippen molar-refractivity contribution in [1.82, 2.24) is 4.98 Å². The van der Waals surface area contributed by atoms with Crippen LogP contribution in [0.15, 0.2) is 65.8 Å². The zero-order valence-electron chi connectivity index (χ0n) is 16.0. The van der Waals surface area contributed by atoms with Gasteiger partial charge in [0.05, 0.1) is 11.4 Å². The van der Waals surface area contributed by atoms with Gasteiger partial charge in [0.15, 0.2) is 0 Å². The van der Waals surface area contributed by atoms with E-state index >= 15 is 0 Å². The van der Waals surface area contributed by atoms with Gasteiger partial charge in [-0.05, 0) is 48.4 Å². The van der Waals surface area contributed by atoms with Gasteiger partial charge < -0.3 is 10.6 Å². The van der Waals surface area contributed by atoms with E-state index in [2.05, 4.69) is 20.6 Å². The van der Waals surface area contributed by atoms with Crippen LogP contribution >= 0.6 is 0 Å². The molecule has 0 radical (unpaired) electrons. The molecule has 4 rings (SSSR count). The Kier molecular flexibility index (Phi) is 5.33. The Hall–Kier alpha value is -3.54.